The van der Waals surface area contributed by atoms with Crippen LogP contribution in [0.5, 0.6) is 5.75 Å². The van der Waals surface area contributed by atoms with E-state index in [0.717, 1.165) is 41.8 Å². The van der Waals surface area contributed by atoms with Crippen molar-refractivity contribution in [2.24, 2.45) is 5.92 Å². The number of hydrogen-bond acceptors (Lipinski definition) is 6. The molecule has 1 amide bonds. The Balaban J connectivity index is 1.47. The Morgan fingerprint density at radius 2 is 2.03 bits per heavy atom. The Labute approximate surface area is 190 Å². The van der Waals surface area contributed by atoms with Crippen molar-refractivity contribution in [1.82, 2.24) is 16.0 Å². The molecule has 1 aliphatic heterocycles. The molecule has 1 heterocycles. The minimum absolute atomic E-state index is 0.104. The van der Waals surface area contributed by atoms with Crippen LogP contribution >= 0.6 is 23.5 Å². The molecule has 2 aliphatic rings. The van der Waals surface area contributed by atoms with Gasteiger partial charge in [0.2, 0.25) is 5.91 Å². The zero-order valence-electron chi connectivity index (χ0n) is 18.2. The molecule has 3 N–H and O–H groups in total. The van der Waals surface area contributed by atoms with Gasteiger partial charge in [-0.3, -0.25) is 4.79 Å². The van der Waals surface area contributed by atoms with E-state index in [2.05, 4.69) is 16.0 Å². The lowest BCUT2D eigenvalue weighted by molar-refractivity contribution is -0.122. The largest absolute Gasteiger partial charge is 0.497 e. The van der Waals surface area contributed by atoms with Crippen LogP contribution in [-0.4, -0.2) is 54.8 Å². The van der Waals surface area contributed by atoms with Gasteiger partial charge in [-0.25, -0.2) is 0 Å². The predicted octanol–water partition coefficient (Wildman–Crippen LogP) is 3.64. The normalized spacial score (nSPS) is 21.2. The summed E-state index contributed by atoms with van der Waals surface area (Å²) in [5, 5.41) is 10.2. The van der Waals surface area contributed by atoms with Crippen LogP contribution in [0.25, 0.3) is 0 Å². The molecule has 3 rings (SSSR count). The van der Waals surface area contributed by atoms with Crippen molar-refractivity contribution in [2.75, 3.05) is 36.8 Å². The molecule has 30 heavy (non-hydrogen) atoms. The van der Waals surface area contributed by atoms with Gasteiger partial charge in [0.05, 0.1) is 13.2 Å². The molecule has 1 aliphatic carbocycles. The highest BCUT2D eigenvalue weighted by Crippen LogP contribution is 2.27. The van der Waals surface area contributed by atoms with E-state index in [9.17, 15) is 4.79 Å². The highest BCUT2D eigenvalue weighted by atomic mass is 32.2. The molecule has 5 nitrogen and oxygen atoms in total. The van der Waals surface area contributed by atoms with Gasteiger partial charge in [0, 0.05) is 30.8 Å². The molecule has 1 saturated carbocycles. The fourth-order valence-corrected chi connectivity index (χ4v) is 6.28. The van der Waals surface area contributed by atoms with E-state index in [4.69, 9.17) is 4.74 Å². The number of ether oxygens (including phenoxy) is 1. The first kappa shape index (κ1) is 23.8. The van der Waals surface area contributed by atoms with Crippen molar-refractivity contribution in [2.45, 2.75) is 57.2 Å². The van der Waals surface area contributed by atoms with E-state index in [1.165, 1.54) is 43.6 Å². The number of hydrogen-bond donors (Lipinski definition) is 3. The summed E-state index contributed by atoms with van der Waals surface area (Å²) in [4.78, 5) is 13.0. The summed E-state index contributed by atoms with van der Waals surface area (Å²) in [7, 11) is 1.66. The van der Waals surface area contributed by atoms with Gasteiger partial charge >= 0.3 is 0 Å². The first-order valence-electron chi connectivity index (χ1n) is 11.3. The van der Waals surface area contributed by atoms with Crippen molar-refractivity contribution in [3.63, 3.8) is 0 Å². The van der Waals surface area contributed by atoms with Crippen LogP contribution < -0.4 is 20.7 Å². The molecule has 1 unspecified atom stereocenters. The summed E-state index contributed by atoms with van der Waals surface area (Å²) in [6.45, 7) is 1.40. The third kappa shape index (κ3) is 8.33. The molecule has 0 bridgehead atoms. The monoisotopic (exact) mass is 451 g/mol. The highest BCUT2D eigenvalue weighted by molar-refractivity contribution is 7.99. The standard InChI is InChI=1S/C23H37N3O2S2/c1-28-21-9-7-18(8-10-21)13-25-23(27)22(24-14-20-11-12-29-17-26-20)16-30-15-19-5-3-2-4-6-19/h7-10,19-20,22,24,26H,2-6,11-17H2,1H3,(H,25,27)/t20?,22-/m0/s1. The molecule has 0 radical (unpaired) electrons. The van der Waals surface area contributed by atoms with Crippen molar-refractivity contribution in [3.8, 4) is 5.75 Å². The van der Waals surface area contributed by atoms with E-state index in [-0.39, 0.29) is 11.9 Å². The number of amides is 1. The summed E-state index contributed by atoms with van der Waals surface area (Å²) < 4.78 is 5.21. The summed E-state index contributed by atoms with van der Waals surface area (Å²) in [5.41, 5.74) is 1.09. The molecule has 168 valence electrons. The third-order valence-electron chi connectivity index (χ3n) is 6.00. The number of benzene rings is 1. The second-order valence-electron chi connectivity index (χ2n) is 8.31. The SMILES string of the molecule is COc1ccc(CNC(=O)[C@H](CSCC2CCCCC2)NCC2CCSCN2)cc1. The van der Waals surface area contributed by atoms with Crippen LogP contribution in [0.4, 0.5) is 0 Å². The van der Waals surface area contributed by atoms with Gasteiger partial charge in [0.25, 0.3) is 0 Å². The van der Waals surface area contributed by atoms with Crippen LogP contribution in [-0.2, 0) is 11.3 Å². The van der Waals surface area contributed by atoms with E-state index >= 15 is 0 Å². The Kier molecular flexibility index (Phi) is 10.7. The van der Waals surface area contributed by atoms with Crippen molar-refractivity contribution in [3.05, 3.63) is 29.8 Å². The minimum atomic E-state index is -0.145. The second-order valence-corrected chi connectivity index (χ2v) is 10.5. The first-order chi connectivity index (χ1) is 14.7. The van der Waals surface area contributed by atoms with Gasteiger partial charge in [0.15, 0.2) is 0 Å². The number of rotatable bonds is 11. The lowest BCUT2D eigenvalue weighted by Gasteiger charge is -2.27. The van der Waals surface area contributed by atoms with Crippen molar-refractivity contribution < 1.29 is 9.53 Å². The van der Waals surface area contributed by atoms with Gasteiger partial charge in [-0.1, -0.05) is 31.4 Å². The number of carbonyl (C=O) groups excluding carboxylic acids is 1. The van der Waals surface area contributed by atoms with E-state index in [0.29, 0.717) is 12.6 Å². The van der Waals surface area contributed by atoms with Crippen LogP contribution in [0.1, 0.15) is 44.1 Å². The lowest BCUT2D eigenvalue weighted by Crippen LogP contribution is -2.51. The Morgan fingerprint density at radius 3 is 2.73 bits per heavy atom. The molecule has 1 aromatic carbocycles. The number of nitrogens with one attached hydrogen (secondary N) is 3. The molecular weight excluding hydrogens is 414 g/mol. The Morgan fingerprint density at radius 1 is 1.23 bits per heavy atom. The van der Waals surface area contributed by atoms with Crippen molar-refractivity contribution >= 4 is 29.4 Å². The molecule has 2 fully saturated rings. The predicted molar refractivity (Wildman–Crippen MR) is 129 cm³/mol. The maximum absolute atomic E-state index is 13.0. The third-order valence-corrected chi connectivity index (χ3v) is 8.17. The molecule has 0 aromatic heterocycles. The molecule has 1 saturated heterocycles. The maximum Gasteiger partial charge on any atom is 0.238 e. The quantitative estimate of drug-likeness (QED) is 0.478. The summed E-state index contributed by atoms with van der Waals surface area (Å²) >= 11 is 3.89. The van der Waals surface area contributed by atoms with Gasteiger partial charge in [-0.05, 0) is 54.4 Å². The first-order valence-corrected chi connectivity index (χ1v) is 13.6. The highest BCUT2D eigenvalue weighted by Gasteiger charge is 2.22. The Bertz CT molecular complexity index is 617. The van der Waals surface area contributed by atoms with Gasteiger partial charge in [-0.2, -0.15) is 11.8 Å². The summed E-state index contributed by atoms with van der Waals surface area (Å²) in [6, 6.07) is 8.19. The zero-order chi connectivity index (χ0) is 21.0. The maximum atomic E-state index is 13.0. The van der Waals surface area contributed by atoms with E-state index < -0.39 is 0 Å². The molecule has 0 spiro atoms. The van der Waals surface area contributed by atoms with Crippen LogP contribution in [0.3, 0.4) is 0 Å². The molecule has 7 heteroatoms. The summed E-state index contributed by atoms with van der Waals surface area (Å²) in [6.07, 6.45) is 8.02. The lowest BCUT2D eigenvalue weighted by atomic mass is 9.91. The van der Waals surface area contributed by atoms with Crippen LogP contribution in [0.15, 0.2) is 24.3 Å². The molecule has 1 aromatic rings. The number of carbonyl (C=O) groups is 1. The van der Waals surface area contributed by atoms with Crippen LogP contribution in [0.2, 0.25) is 0 Å². The smallest absolute Gasteiger partial charge is 0.238 e. The van der Waals surface area contributed by atoms with Gasteiger partial charge < -0.3 is 20.7 Å². The number of thioether (sulfide) groups is 2. The summed E-state index contributed by atoms with van der Waals surface area (Å²) in [5.74, 6) is 6.01. The number of methoxy groups -OCH3 is 1. The van der Waals surface area contributed by atoms with E-state index in [1.54, 1.807) is 7.11 Å². The molecule has 2 atom stereocenters. The fraction of sp³-hybridized carbons (Fsp3) is 0.696. The fourth-order valence-electron chi connectivity index (χ4n) is 4.02. The van der Waals surface area contributed by atoms with Crippen LogP contribution in [0, 0.1) is 5.92 Å². The Hall–Kier alpha value is -0.890. The van der Waals surface area contributed by atoms with Crippen molar-refractivity contribution in [1.29, 1.82) is 0 Å². The van der Waals surface area contributed by atoms with Gasteiger partial charge in [-0.15, -0.1) is 11.8 Å². The average Bonchev–Trinajstić information content (AvgIpc) is 2.81. The molecular formula is C23H37N3O2S2. The minimum Gasteiger partial charge on any atom is -0.497 e. The average molecular weight is 452 g/mol. The van der Waals surface area contributed by atoms with Gasteiger partial charge in [0.1, 0.15) is 5.75 Å². The van der Waals surface area contributed by atoms with E-state index in [1.807, 2.05) is 47.8 Å². The zero-order valence-corrected chi connectivity index (χ0v) is 19.8. The topological polar surface area (TPSA) is 62.4 Å². The second kappa shape index (κ2) is 13.5.